The van der Waals surface area contributed by atoms with Crippen molar-refractivity contribution in [2.24, 2.45) is 4.99 Å². The van der Waals surface area contributed by atoms with Gasteiger partial charge < -0.3 is 4.74 Å². The summed E-state index contributed by atoms with van der Waals surface area (Å²) in [6, 6.07) is 13.0. The molecule has 0 amide bonds. The van der Waals surface area contributed by atoms with Crippen LogP contribution in [0.1, 0.15) is 75.4 Å². The predicted molar refractivity (Wildman–Crippen MR) is 123 cm³/mol. The van der Waals surface area contributed by atoms with E-state index in [2.05, 4.69) is 95.3 Å². The van der Waals surface area contributed by atoms with Crippen molar-refractivity contribution in [3.63, 3.8) is 0 Å². The van der Waals surface area contributed by atoms with Crippen LogP contribution in [0.25, 0.3) is 0 Å². The standard InChI is InChI=1S/C24H30INO/c1-15-18(23(2,3)4)12-16(13-19(15)24(5,6)7)21-14-27-22(26-21)17-10-8-9-11-20(17)25/h8-13,21H,14H2,1-7H3/t21-/m0/s1. The molecular formula is C24H30INO. The predicted octanol–water partition coefficient (Wildman–Crippen LogP) is 6.71. The van der Waals surface area contributed by atoms with Crippen molar-refractivity contribution in [3.8, 4) is 0 Å². The SMILES string of the molecule is Cc1c(C(C)(C)C)cc([C@@H]2COC(c3ccccc3I)=N2)cc1C(C)(C)C. The Labute approximate surface area is 177 Å². The molecule has 0 spiro atoms. The molecule has 1 heterocycles. The molecule has 1 aliphatic heterocycles. The van der Waals surface area contributed by atoms with Crippen molar-refractivity contribution >= 4 is 28.5 Å². The fourth-order valence-corrected chi connectivity index (χ4v) is 4.43. The van der Waals surface area contributed by atoms with Crippen molar-refractivity contribution in [1.82, 2.24) is 0 Å². The monoisotopic (exact) mass is 475 g/mol. The lowest BCUT2D eigenvalue weighted by Crippen LogP contribution is -2.20. The van der Waals surface area contributed by atoms with Gasteiger partial charge in [-0.15, -0.1) is 0 Å². The fourth-order valence-electron chi connectivity index (χ4n) is 3.81. The highest BCUT2D eigenvalue weighted by Gasteiger charge is 2.29. The summed E-state index contributed by atoms with van der Waals surface area (Å²) in [5.41, 5.74) is 6.75. The van der Waals surface area contributed by atoms with Crippen LogP contribution in [0.15, 0.2) is 41.4 Å². The lowest BCUT2D eigenvalue weighted by molar-refractivity contribution is 0.319. The zero-order chi connectivity index (χ0) is 20.0. The number of nitrogens with zero attached hydrogens (tertiary/aromatic N) is 1. The number of hydrogen-bond acceptors (Lipinski definition) is 2. The molecule has 3 heteroatoms. The summed E-state index contributed by atoms with van der Waals surface area (Å²) in [5, 5.41) is 0. The molecule has 0 aliphatic carbocycles. The van der Waals surface area contributed by atoms with Crippen molar-refractivity contribution < 1.29 is 4.74 Å². The van der Waals surface area contributed by atoms with Gasteiger partial charge in [0, 0.05) is 9.13 Å². The van der Waals surface area contributed by atoms with Gasteiger partial charge in [0.15, 0.2) is 0 Å². The molecule has 0 bridgehead atoms. The highest BCUT2D eigenvalue weighted by molar-refractivity contribution is 14.1. The molecule has 0 saturated carbocycles. The second kappa shape index (κ2) is 7.23. The maximum absolute atomic E-state index is 6.01. The summed E-state index contributed by atoms with van der Waals surface area (Å²) in [5.74, 6) is 0.764. The average molecular weight is 475 g/mol. The van der Waals surface area contributed by atoms with Crippen molar-refractivity contribution in [3.05, 3.63) is 67.8 Å². The van der Waals surface area contributed by atoms with Gasteiger partial charge in [-0.2, -0.15) is 0 Å². The molecule has 0 N–H and O–H groups in total. The van der Waals surface area contributed by atoms with Crippen LogP contribution in [0.2, 0.25) is 0 Å². The molecule has 144 valence electrons. The molecule has 1 atom stereocenters. The molecule has 27 heavy (non-hydrogen) atoms. The maximum Gasteiger partial charge on any atom is 0.217 e. The second-order valence-electron chi connectivity index (χ2n) is 9.48. The Morgan fingerprint density at radius 2 is 1.52 bits per heavy atom. The van der Waals surface area contributed by atoms with Crippen LogP contribution in [0.5, 0.6) is 0 Å². The van der Waals surface area contributed by atoms with Gasteiger partial charge in [0.2, 0.25) is 5.90 Å². The van der Waals surface area contributed by atoms with Crippen molar-refractivity contribution in [2.75, 3.05) is 6.61 Å². The smallest absolute Gasteiger partial charge is 0.217 e. The Hall–Kier alpha value is -1.36. The van der Waals surface area contributed by atoms with Crippen LogP contribution in [-0.4, -0.2) is 12.5 Å². The first-order valence-electron chi connectivity index (χ1n) is 9.59. The summed E-state index contributed by atoms with van der Waals surface area (Å²) in [6.45, 7) is 16.6. The van der Waals surface area contributed by atoms with Crippen LogP contribution in [0.4, 0.5) is 0 Å². The minimum Gasteiger partial charge on any atom is -0.475 e. The third-order valence-corrected chi connectivity index (χ3v) is 6.13. The summed E-state index contributed by atoms with van der Waals surface area (Å²) in [7, 11) is 0. The molecule has 2 aromatic rings. The number of ether oxygens (including phenoxy) is 1. The Morgan fingerprint density at radius 3 is 2.04 bits per heavy atom. The van der Waals surface area contributed by atoms with E-state index in [-0.39, 0.29) is 16.9 Å². The highest BCUT2D eigenvalue weighted by atomic mass is 127. The summed E-state index contributed by atoms with van der Waals surface area (Å²) < 4.78 is 7.18. The van der Waals surface area contributed by atoms with Crippen LogP contribution in [0, 0.1) is 10.5 Å². The zero-order valence-electron chi connectivity index (χ0n) is 17.5. The van der Waals surface area contributed by atoms with E-state index in [1.54, 1.807) is 0 Å². The molecular weight excluding hydrogens is 445 g/mol. The number of aliphatic imine (C=N–C) groups is 1. The van der Waals surface area contributed by atoms with Crippen LogP contribution >= 0.6 is 22.6 Å². The van der Waals surface area contributed by atoms with E-state index in [9.17, 15) is 0 Å². The van der Waals surface area contributed by atoms with Crippen LogP contribution < -0.4 is 0 Å². The minimum absolute atomic E-state index is 0.0545. The van der Waals surface area contributed by atoms with Gasteiger partial charge in [-0.05, 0) is 74.7 Å². The van der Waals surface area contributed by atoms with E-state index in [0.717, 1.165) is 11.5 Å². The first-order chi connectivity index (χ1) is 12.5. The molecule has 0 aromatic heterocycles. The Bertz CT molecular complexity index is 849. The maximum atomic E-state index is 6.01. The van der Waals surface area contributed by atoms with E-state index >= 15 is 0 Å². The van der Waals surface area contributed by atoms with E-state index in [1.807, 2.05) is 12.1 Å². The van der Waals surface area contributed by atoms with Crippen molar-refractivity contribution in [2.45, 2.75) is 65.3 Å². The fraction of sp³-hybridized carbons (Fsp3) is 0.458. The largest absolute Gasteiger partial charge is 0.475 e. The first kappa shape index (κ1) is 20.4. The molecule has 0 saturated heterocycles. The van der Waals surface area contributed by atoms with Gasteiger partial charge in [0.1, 0.15) is 12.6 Å². The van der Waals surface area contributed by atoms with Gasteiger partial charge in [0.05, 0.1) is 0 Å². The number of rotatable bonds is 2. The van der Waals surface area contributed by atoms with E-state index in [0.29, 0.717) is 6.61 Å². The average Bonchev–Trinajstić information content (AvgIpc) is 3.03. The molecule has 1 aliphatic rings. The Balaban J connectivity index is 2.09. The number of halogens is 1. The van der Waals surface area contributed by atoms with Gasteiger partial charge >= 0.3 is 0 Å². The van der Waals surface area contributed by atoms with E-state index in [4.69, 9.17) is 9.73 Å². The Morgan fingerprint density at radius 1 is 0.963 bits per heavy atom. The number of hydrogen-bond donors (Lipinski definition) is 0. The van der Waals surface area contributed by atoms with E-state index in [1.165, 1.54) is 25.8 Å². The minimum atomic E-state index is 0.0545. The van der Waals surface area contributed by atoms with Crippen LogP contribution in [0.3, 0.4) is 0 Å². The molecule has 2 nitrogen and oxygen atoms in total. The van der Waals surface area contributed by atoms with Crippen LogP contribution in [-0.2, 0) is 15.6 Å². The summed E-state index contributed by atoms with van der Waals surface area (Å²) in [4.78, 5) is 4.96. The zero-order valence-corrected chi connectivity index (χ0v) is 19.6. The van der Waals surface area contributed by atoms with Gasteiger partial charge in [-0.25, -0.2) is 4.99 Å². The van der Waals surface area contributed by atoms with Gasteiger partial charge in [0.25, 0.3) is 0 Å². The normalized spacial score (nSPS) is 17.6. The number of benzene rings is 2. The quantitative estimate of drug-likeness (QED) is 0.443. The molecule has 3 rings (SSSR count). The van der Waals surface area contributed by atoms with Gasteiger partial charge in [-0.3, -0.25) is 0 Å². The van der Waals surface area contributed by atoms with Gasteiger partial charge in [-0.1, -0.05) is 65.8 Å². The second-order valence-corrected chi connectivity index (χ2v) is 10.6. The lowest BCUT2D eigenvalue weighted by Gasteiger charge is -2.30. The first-order valence-corrected chi connectivity index (χ1v) is 10.7. The molecule has 0 unspecified atom stereocenters. The third kappa shape index (κ3) is 4.23. The summed E-state index contributed by atoms with van der Waals surface area (Å²) >= 11 is 2.35. The Kier molecular flexibility index (Phi) is 5.46. The van der Waals surface area contributed by atoms with Crippen molar-refractivity contribution in [1.29, 1.82) is 0 Å². The molecule has 0 radical (unpaired) electrons. The van der Waals surface area contributed by atoms with E-state index < -0.39 is 0 Å². The molecule has 2 aromatic carbocycles. The highest BCUT2D eigenvalue weighted by Crippen LogP contribution is 2.38. The summed E-state index contributed by atoms with van der Waals surface area (Å²) in [6.07, 6.45) is 0. The lowest BCUT2D eigenvalue weighted by atomic mass is 9.75. The third-order valence-electron chi connectivity index (χ3n) is 5.19. The topological polar surface area (TPSA) is 21.6 Å². The molecule has 0 fully saturated rings.